The van der Waals surface area contributed by atoms with Crippen LogP contribution in [0.4, 0.5) is 0 Å². The molecular weight excluding hydrogens is 324 g/mol. The third-order valence-electron chi connectivity index (χ3n) is 3.54. The second-order valence-electron chi connectivity index (χ2n) is 6.22. The Balaban J connectivity index is 2.06. The number of carbonyl (C=O) groups excluding carboxylic acids is 2. The Morgan fingerprint density at radius 2 is 1.88 bits per heavy atom. The van der Waals surface area contributed by atoms with E-state index in [9.17, 15) is 9.59 Å². The van der Waals surface area contributed by atoms with Crippen LogP contribution in [-0.4, -0.2) is 34.7 Å². The molecule has 0 fully saturated rings. The molecule has 0 spiro atoms. The summed E-state index contributed by atoms with van der Waals surface area (Å²) in [5.41, 5.74) is 1.94. The lowest BCUT2D eigenvalue weighted by Crippen LogP contribution is -2.43. The van der Waals surface area contributed by atoms with Crippen molar-refractivity contribution in [2.24, 2.45) is 5.92 Å². The molecule has 2 aromatic rings. The first kappa shape index (κ1) is 18.2. The van der Waals surface area contributed by atoms with Gasteiger partial charge in [0.2, 0.25) is 0 Å². The molecule has 7 heteroatoms. The van der Waals surface area contributed by atoms with Gasteiger partial charge in [-0.05, 0) is 37.3 Å². The fourth-order valence-corrected chi connectivity index (χ4v) is 3.21. The zero-order chi connectivity index (χ0) is 17.7. The van der Waals surface area contributed by atoms with Crippen molar-refractivity contribution in [1.29, 1.82) is 0 Å². The standard InChI is InChI=1S/C17H24N4O2S/c1-11(2)9-18-16(22)17(23)19-10-14(15-6-5-7-24-15)21-13(4)8-12(3)20-21/h5-8,11,14H,9-10H2,1-4H3,(H,18,22)(H,19,23). The normalized spacial score (nSPS) is 12.2. The zero-order valence-corrected chi connectivity index (χ0v) is 15.3. The van der Waals surface area contributed by atoms with Crippen LogP contribution in [0.2, 0.25) is 0 Å². The summed E-state index contributed by atoms with van der Waals surface area (Å²) in [4.78, 5) is 24.9. The highest BCUT2D eigenvalue weighted by Gasteiger charge is 2.21. The number of nitrogens with zero attached hydrogens (tertiary/aromatic N) is 2. The lowest BCUT2D eigenvalue weighted by atomic mass is 10.2. The number of aryl methyl sites for hydroxylation is 2. The number of rotatable bonds is 6. The Hall–Kier alpha value is -2.15. The Kier molecular flexibility index (Phi) is 6.14. The molecule has 0 saturated heterocycles. The van der Waals surface area contributed by atoms with Crippen molar-refractivity contribution < 1.29 is 9.59 Å². The molecule has 1 atom stereocenters. The summed E-state index contributed by atoms with van der Waals surface area (Å²) in [6.45, 7) is 8.68. The van der Waals surface area contributed by atoms with Crippen LogP contribution in [0.5, 0.6) is 0 Å². The summed E-state index contributed by atoms with van der Waals surface area (Å²) < 4.78 is 1.90. The predicted octanol–water partition coefficient (Wildman–Crippen LogP) is 2.04. The van der Waals surface area contributed by atoms with Gasteiger partial charge in [0, 0.05) is 23.7 Å². The molecule has 0 aliphatic carbocycles. The summed E-state index contributed by atoms with van der Waals surface area (Å²) in [6, 6.07) is 5.85. The van der Waals surface area contributed by atoms with E-state index in [0.29, 0.717) is 19.0 Å². The van der Waals surface area contributed by atoms with Gasteiger partial charge in [0.1, 0.15) is 6.04 Å². The summed E-state index contributed by atoms with van der Waals surface area (Å²) in [5, 5.41) is 11.9. The van der Waals surface area contributed by atoms with Crippen molar-refractivity contribution in [3.63, 3.8) is 0 Å². The molecular formula is C17H24N4O2S. The molecule has 0 aromatic carbocycles. The van der Waals surface area contributed by atoms with Crippen molar-refractivity contribution >= 4 is 23.2 Å². The van der Waals surface area contributed by atoms with E-state index in [1.807, 2.05) is 56.0 Å². The van der Waals surface area contributed by atoms with E-state index >= 15 is 0 Å². The smallest absolute Gasteiger partial charge is 0.309 e. The first-order chi connectivity index (χ1) is 11.4. The minimum Gasteiger partial charge on any atom is -0.348 e. The van der Waals surface area contributed by atoms with E-state index in [1.165, 1.54) is 0 Å². The van der Waals surface area contributed by atoms with Crippen LogP contribution in [0.1, 0.15) is 36.2 Å². The van der Waals surface area contributed by atoms with Crippen LogP contribution in [-0.2, 0) is 9.59 Å². The molecule has 2 amide bonds. The molecule has 0 aliphatic rings. The molecule has 130 valence electrons. The maximum absolute atomic E-state index is 12.0. The molecule has 0 radical (unpaired) electrons. The van der Waals surface area contributed by atoms with Crippen LogP contribution >= 0.6 is 11.3 Å². The number of hydrogen-bond donors (Lipinski definition) is 2. The van der Waals surface area contributed by atoms with Crippen molar-refractivity contribution in [2.45, 2.75) is 33.7 Å². The number of hydrogen-bond acceptors (Lipinski definition) is 4. The fourth-order valence-electron chi connectivity index (χ4n) is 2.40. The van der Waals surface area contributed by atoms with E-state index in [0.717, 1.165) is 16.3 Å². The van der Waals surface area contributed by atoms with E-state index in [4.69, 9.17) is 0 Å². The summed E-state index contributed by atoms with van der Waals surface area (Å²) in [5.74, 6) is -0.906. The summed E-state index contributed by atoms with van der Waals surface area (Å²) in [7, 11) is 0. The molecule has 0 aliphatic heterocycles. The van der Waals surface area contributed by atoms with Crippen LogP contribution < -0.4 is 10.6 Å². The van der Waals surface area contributed by atoms with Gasteiger partial charge in [-0.1, -0.05) is 19.9 Å². The third kappa shape index (κ3) is 4.67. The predicted molar refractivity (Wildman–Crippen MR) is 95.0 cm³/mol. The maximum atomic E-state index is 12.0. The second kappa shape index (κ2) is 8.10. The van der Waals surface area contributed by atoms with Gasteiger partial charge in [-0.25, -0.2) is 0 Å². The van der Waals surface area contributed by atoms with Crippen molar-refractivity contribution in [1.82, 2.24) is 20.4 Å². The molecule has 2 N–H and O–H groups in total. The van der Waals surface area contributed by atoms with Gasteiger partial charge in [0.05, 0.1) is 5.69 Å². The quantitative estimate of drug-likeness (QED) is 0.785. The summed E-state index contributed by atoms with van der Waals surface area (Å²) >= 11 is 1.61. The summed E-state index contributed by atoms with van der Waals surface area (Å²) in [6.07, 6.45) is 0. The van der Waals surface area contributed by atoms with Gasteiger partial charge < -0.3 is 10.6 Å². The molecule has 2 heterocycles. The molecule has 0 bridgehead atoms. The van der Waals surface area contributed by atoms with Gasteiger partial charge in [0.15, 0.2) is 0 Å². The number of carbonyl (C=O) groups is 2. The molecule has 2 rings (SSSR count). The average molecular weight is 348 g/mol. The number of amides is 2. The Morgan fingerprint density at radius 3 is 2.38 bits per heavy atom. The molecule has 6 nitrogen and oxygen atoms in total. The molecule has 0 saturated carbocycles. The Labute approximate surface area is 146 Å². The van der Waals surface area contributed by atoms with Gasteiger partial charge in [0.25, 0.3) is 0 Å². The Morgan fingerprint density at radius 1 is 1.21 bits per heavy atom. The zero-order valence-electron chi connectivity index (χ0n) is 14.5. The Bertz CT molecular complexity index is 692. The highest BCUT2D eigenvalue weighted by atomic mass is 32.1. The number of aromatic nitrogens is 2. The lowest BCUT2D eigenvalue weighted by molar-refractivity contribution is -0.139. The fraction of sp³-hybridized carbons (Fsp3) is 0.471. The minimum absolute atomic E-state index is 0.124. The van der Waals surface area contributed by atoms with Crippen LogP contribution in [0.15, 0.2) is 23.6 Å². The highest BCUT2D eigenvalue weighted by Crippen LogP contribution is 2.24. The van der Waals surface area contributed by atoms with E-state index in [1.54, 1.807) is 11.3 Å². The monoisotopic (exact) mass is 348 g/mol. The molecule has 1 unspecified atom stereocenters. The number of thiophene rings is 1. The van der Waals surface area contributed by atoms with Gasteiger partial charge in [-0.15, -0.1) is 11.3 Å². The average Bonchev–Trinajstić information content (AvgIpc) is 3.15. The highest BCUT2D eigenvalue weighted by molar-refractivity contribution is 7.10. The maximum Gasteiger partial charge on any atom is 0.309 e. The van der Waals surface area contributed by atoms with Crippen molar-refractivity contribution in [2.75, 3.05) is 13.1 Å². The SMILES string of the molecule is Cc1cc(C)n(C(CNC(=O)C(=O)NCC(C)C)c2cccs2)n1. The number of nitrogens with one attached hydrogen (secondary N) is 2. The van der Waals surface area contributed by atoms with E-state index < -0.39 is 11.8 Å². The third-order valence-corrected chi connectivity index (χ3v) is 4.52. The van der Waals surface area contributed by atoms with Crippen molar-refractivity contribution in [3.8, 4) is 0 Å². The van der Waals surface area contributed by atoms with E-state index in [-0.39, 0.29) is 6.04 Å². The lowest BCUT2D eigenvalue weighted by Gasteiger charge is -2.19. The minimum atomic E-state index is -0.612. The largest absolute Gasteiger partial charge is 0.348 e. The van der Waals surface area contributed by atoms with E-state index in [2.05, 4.69) is 15.7 Å². The first-order valence-electron chi connectivity index (χ1n) is 8.00. The topological polar surface area (TPSA) is 76.0 Å². The molecule has 24 heavy (non-hydrogen) atoms. The van der Waals surface area contributed by atoms with Crippen LogP contribution in [0, 0.1) is 19.8 Å². The van der Waals surface area contributed by atoms with Gasteiger partial charge >= 0.3 is 11.8 Å². The second-order valence-corrected chi connectivity index (χ2v) is 7.20. The van der Waals surface area contributed by atoms with Crippen LogP contribution in [0.25, 0.3) is 0 Å². The molecule has 2 aromatic heterocycles. The van der Waals surface area contributed by atoms with Gasteiger partial charge in [-0.3, -0.25) is 14.3 Å². The van der Waals surface area contributed by atoms with Gasteiger partial charge in [-0.2, -0.15) is 5.10 Å². The van der Waals surface area contributed by atoms with Crippen LogP contribution in [0.3, 0.4) is 0 Å². The van der Waals surface area contributed by atoms with Crippen molar-refractivity contribution in [3.05, 3.63) is 39.8 Å². The first-order valence-corrected chi connectivity index (χ1v) is 8.88.